The molecule has 1 saturated carbocycles. The molecule has 9 heavy (non-hydrogen) atoms. The molecule has 0 N–H and O–H groups in total. The van der Waals surface area contributed by atoms with Crippen LogP contribution in [-0.4, -0.2) is 4.75 Å². The Hall–Kier alpha value is 0.350. The Morgan fingerprint density at radius 3 is 2.11 bits per heavy atom. The molecule has 0 aromatic heterocycles. The Balaban J connectivity index is 2.62. The molecule has 0 saturated heterocycles. The first kappa shape index (κ1) is 7.46. The molecule has 0 amide bonds. The van der Waals surface area contributed by atoms with Crippen LogP contribution in [0.25, 0.3) is 0 Å². The van der Waals surface area contributed by atoms with Gasteiger partial charge in [-0.05, 0) is 24.7 Å². The fraction of sp³-hybridized carbons (Fsp3) is 1.00. The van der Waals surface area contributed by atoms with Crippen LogP contribution >= 0.6 is 12.6 Å². The van der Waals surface area contributed by atoms with E-state index in [0.29, 0.717) is 4.75 Å². The largest absolute Gasteiger partial charge is 0.173 e. The van der Waals surface area contributed by atoms with Gasteiger partial charge in [0, 0.05) is 4.75 Å². The van der Waals surface area contributed by atoms with E-state index in [0.717, 1.165) is 11.8 Å². The third-order valence-electron chi connectivity index (χ3n) is 2.94. The molecule has 0 aromatic carbocycles. The van der Waals surface area contributed by atoms with Crippen molar-refractivity contribution < 1.29 is 0 Å². The zero-order valence-electron chi connectivity index (χ0n) is 6.52. The molecule has 54 valence electrons. The highest BCUT2D eigenvalue weighted by atomic mass is 32.1. The maximum atomic E-state index is 4.60. The van der Waals surface area contributed by atoms with Crippen LogP contribution in [0.1, 0.15) is 33.6 Å². The summed E-state index contributed by atoms with van der Waals surface area (Å²) in [4.78, 5) is 0. The fourth-order valence-electron chi connectivity index (χ4n) is 1.61. The molecular formula is C8H16S. The van der Waals surface area contributed by atoms with E-state index in [1.165, 1.54) is 12.8 Å². The summed E-state index contributed by atoms with van der Waals surface area (Å²) in [7, 11) is 0. The van der Waals surface area contributed by atoms with E-state index in [-0.39, 0.29) is 0 Å². The van der Waals surface area contributed by atoms with Gasteiger partial charge in [0.2, 0.25) is 0 Å². The van der Waals surface area contributed by atoms with Crippen LogP contribution in [0.2, 0.25) is 0 Å². The second-order valence-electron chi connectivity index (χ2n) is 3.66. The van der Waals surface area contributed by atoms with Crippen molar-refractivity contribution in [3.05, 3.63) is 0 Å². The van der Waals surface area contributed by atoms with Crippen molar-refractivity contribution >= 4 is 12.6 Å². The second-order valence-corrected chi connectivity index (χ2v) is 4.68. The van der Waals surface area contributed by atoms with E-state index in [4.69, 9.17) is 0 Å². The summed E-state index contributed by atoms with van der Waals surface area (Å²) in [5.41, 5.74) is 0. The second kappa shape index (κ2) is 2.19. The lowest BCUT2D eigenvalue weighted by Crippen LogP contribution is -2.21. The summed E-state index contributed by atoms with van der Waals surface area (Å²) >= 11 is 4.60. The van der Waals surface area contributed by atoms with Gasteiger partial charge in [0.05, 0.1) is 0 Å². The number of hydrogen-bond donors (Lipinski definition) is 1. The fourth-order valence-corrected chi connectivity index (χ4v) is 1.99. The molecule has 0 nitrogen and oxygen atoms in total. The van der Waals surface area contributed by atoms with Gasteiger partial charge in [-0.2, -0.15) is 12.6 Å². The molecule has 0 heterocycles. The van der Waals surface area contributed by atoms with Gasteiger partial charge < -0.3 is 0 Å². The molecule has 0 aromatic rings. The maximum absolute atomic E-state index is 4.60. The van der Waals surface area contributed by atoms with Crippen molar-refractivity contribution in [3.8, 4) is 0 Å². The van der Waals surface area contributed by atoms with Crippen LogP contribution in [0, 0.1) is 11.8 Å². The van der Waals surface area contributed by atoms with Gasteiger partial charge in [-0.15, -0.1) is 0 Å². The van der Waals surface area contributed by atoms with Gasteiger partial charge in [-0.25, -0.2) is 0 Å². The third kappa shape index (κ3) is 1.26. The molecule has 3 unspecified atom stereocenters. The van der Waals surface area contributed by atoms with E-state index in [9.17, 15) is 0 Å². The third-order valence-corrected chi connectivity index (χ3v) is 3.57. The predicted molar refractivity (Wildman–Crippen MR) is 45.0 cm³/mol. The lowest BCUT2D eigenvalue weighted by molar-refractivity contribution is 0.410. The first-order chi connectivity index (χ1) is 4.04. The zero-order chi connectivity index (χ0) is 7.07. The molecule has 1 rings (SSSR count). The van der Waals surface area contributed by atoms with Gasteiger partial charge in [-0.3, -0.25) is 0 Å². The Morgan fingerprint density at radius 2 is 2.00 bits per heavy atom. The molecule has 0 spiro atoms. The molecule has 1 aliphatic rings. The standard InChI is InChI=1S/C8H16S/c1-6-4-5-8(3,9)7(6)2/h6-7,9H,4-5H2,1-3H3. The summed E-state index contributed by atoms with van der Waals surface area (Å²) in [5.74, 6) is 1.67. The van der Waals surface area contributed by atoms with Crippen LogP contribution in [0.15, 0.2) is 0 Å². The monoisotopic (exact) mass is 144 g/mol. The summed E-state index contributed by atoms with van der Waals surface area (Å²) in [6.07, 6.45) is 2.65. The first-order valence-electron chi connectivity index (χ1n) is 3.76. The molecule has 1 aliphatic carbocycles. The normalized spacial score (nSPS) is 52.0. The van der Waals surface area contributed by atoms with Crippen LogP contribution < -0.4 is 0 Å². The van der Waals surface area contributed by atoms with Crippen molar-refractivity contribution in [2.75, 3.05) is 0 Å². The quantitative estimate of drug-likeness (QED) is 0.497. The molecule has 0 aliphatic heterocycles. The summed E-state index contributed by atoms with van der Waals surface area (Å²) in [6.45, 7) is 6.89. The Bertz CT molecular complexity index is 107. The summed E-state index contributed by atoms with van der Waals surface area (Å²) in [5, 5.41) is 0. The number of hydrogen-bond acceptors (Lipinski definition) is 1. The van der Waals surface area contributed by atoms with Crippen molar-refractivity contribution in [2.24, 2.45) is 11.8 Å². The highest BCUT2D eigenvalue weighted by Gasteiger charge is 2.36. The smallest absolute Gasteiger partial charge is 0.0130 e. The molecule has 3 atom stereocenters. The van der Waals surface area contributed by atoms with Crippen molar-refractivity contribution in [2.45, 2.75) is 38.4 Å². The average Bonchev–Trinajstić information content (AvgIpc) is 1.97. The SMILES string of the molecule is CC1CCC(C)(S)C1C. The zero-order valence-corrected chi connectivity index (χ0v) is 7.41. The first-order valence-corrected chi connectivity index (χ1v) is 4.21. The Labute approximate surface area is 63.4 Å². The maximum Gasteiger partial charge on any atom is 0.0130 e. The Kier molecular flexibility index (Phi) is 1.81. The van der Waals surface area contributed by atoms with Crippen LogP contribution in [0.5, 0.6) is 0 Å². The molecule has 0 radical (unpaired) electrons. The molecule has 1 heteroatoms. The number of thiol groups is 1. The van der Waals surface area contributed by atoms with E-state index in [1.807, 2.05) is 0 Å². The lowest BCUT2D eigenvalue weighted by atomic mass is 9.93. The summed E-state index contributed by atoms with van der Waals surface area (Å²) < 4.78 is 0.319. The molecule has 1 fully saturated rings. The highest BCUT2D eigenvalue weighted by molar-refractivity contribution is 7.81. The van der Waals surface area contributed by atoms with E-state index in [2.05, 4.69) is 33.4 Å². The van der Waals surface area contributed by atoms with Gasteiger partial charge in [0.1, 0.15) is 0 Å². The minimum absolute atomic E-state index is 0.319. The van der Waals surface area contributed by atoms with Gasteiger partial charge in [-0.1, -0.05) is 20.8 Å². The van der Waals surface area contributed by atoms with Crippen LogP contribution in [-0.2, 0) is 0 Å². The topological polar surface area (TPSA) is 0 Å². The van der Waals surface area contributed by atoms with E-state index < -0.39 is 0 Å². The van der Waals surface area contributed by atoms with Gasteiger partial charge in [0.25, 0.3) is 0 Å². The molecular weight excluding hydrogens is 128 g/mol. The van der Waals surface area contributed by atoms with E-state index >= 15 is 0 Å². The average molecular weight is 144 g/mol. The van der Waals surface area contributed by atoms with Crippen molar-refractivity contribution in [1.82, 2.24) is 0 Å². The lowest BCUT2D eigenvalue weighted by Gasteiger charge is -2.24. The van der Waals surface area contributed by atoms with Crippen molar-refractivity contribution in [1.29, 1.82) is 0 Å². The predicted octanol–water partition coefficient (Wildman–Crippen LogP) is 2.74. The van der Waals surface area contributed by atoms with Crippen molar-refractivity contribution in [3.63, 3.8) is 0 Å². The van der Waals surface area contributed by atoms with E-state index in [1.54, 1.807) is 0 Å². The Morgan fingerprint density at radius 1 is 1.44 bits per heavy atom. The van der Waals surface area contributed by atoms with Gasteiger partial charge in [0.15, 0.2) is 0 Å². The minimum atomic E-state index is 0.319. The van der Waals surface area contributed by atoms with Crippen LogP contribution in [0.3, 0.4) is 0 Å². The summed E-state index contributed by atoms with van der Waals surface area (Å²) in [6, 6.07) is 0. The highest BCUT2D eigenvalue weighted by Crippen LogP contribution is 2.43. The van der Waals surface area contributed by atoms with Gasteiger partial charge >= 0.3 is 0 Å². The van der Waals surface area contributed by atoms with Crippen LogP contribution in [0.4, 0.5) is 0 Å². The number of rotatable bonds is 0. The molecule has 0 bridgehead atoms. The minimum Gasteiger partial charge on any atom is -0.173 e.